The van der Waals surface area contributed by atoms with Gasteiger partial charge in [0, 0.05) is 25.3 Å². The summed E-state index contributed by atoms with van der Waals surface area (Å²) in [5.74, 6) is -0.0585. The molecule has 1 aliphatic rings. The smallest absolute Gasteiger partial charge is 0.241 e. The molecule has 0 saturated carbocycles. The van der Waals surface area contributed by atoms with Crippen molar-refractivity contribution in [1.82, 2.24) is 4.90 Å². The fraction of sp³-hybridized carbons (Fsp3) is 0.533. The van der Waals surface area contributed by atoms with Crippen LogP contribution in [0.5, 0.6) is 0 Å². The van der Waals surface area contributed by atoms with E-state index in [1.165, 1.54) is 0 Å². The highest BCUT2D eigenvalue weighted by Gasteiger charge is 2.35. The molecule has 0 bridgehead atoms. The Kier molecular flexibility index (Phi) is 4.42. The summed E-state index contributed by atoms with van der Waals surface area (Å²) in [5, 5.41) is 12.9. The summed E-state index contributed by atoms with van der Waals surface area (Å²) in [6, 6.07) is 7.28. The van der Waals surface area contributed by atoms with Crippen LogP contribution in [-0.2, 0) is 11.3 Å². The van der Waals surface area contributed by atoms with Crippen molar-refractivity contribution in [1.29, 1.82) is 0 Å². The lowest BCUT2D eigenvalue weighted by atomic mass is 10.1. The fourth-order valence-corrected chi connectivity index (χ4v) is 2.50. The summed E-state index contributed by atoms with van der Waals surface area (Å²) in [5.41, 5.74) is 6.65. The van der Waals surface area contributed by atoms with Crippen molar-refractivity contribution in [3.8, 4) is 0 Å². The number of aliphatic hydroxyl groups is 1. The predicted octanol–water partition coefficient (Wildman–Crippen LogP) is 0.929. The molecule has 0 aliphatic carbocycles. The molecule has 1 heterocycles. The number of nitrogens with one attached hydrogen (secondary N) is 1. The molecule has 5 nitrogen and oxygen atoms in total. The largest absolute Gasteiger partial charge is 0.389 e. The van der Waals surface area contributed by atoms with Gasteiger partial charge in [0.25, 0.3) is 0 Å². The van der Waals surface area contributed by atoms with Gasteiger partial charge in [-0.05, 0) is 38.0 Å². The Labute approximate surface area is 119 Å². The number of carbonyl (C=O) groups is 1. The van der Waals surface area contributed by atoms with Crippen molar-refractivity contribution in [2.45, 2.75) is 38.5 Å². The van der Waals surface area contributed by atoms with Gasteiger partial charge in [-0.2, -0.15) is 0 Å². The van der Waals surface area contributed by atoms with Crippen molar-refractivity contribution in [3.05, 3.63) is 29.8 Å². The SMILES string of the molecule is CC(C(=O)Nc1cccc(CN)c1)N1CCC(C)(O)C1. The third-order valence-electron chi connectivity index (χ3n) is 3.84. The zero-order chi connectivity index (χ0) is 14.8. The molecule has 1 amide bonds. The van der Waals surface area contributed by atoms with E-state index < -0.39 is 5.60 Å². The summed E-state index contributed by atoms with van der Waals surface area (Å²) >= 11 is 0. The first-order valence-corrected chi connectivity index (χ1v) is 6.97. The molecule has 1 aromatic carbocycles. The number of nitrogens with two attached hydrogens (primary N) is 1. The number of rotatable bonds is 4. The highest BCUT2D eigenvalue weighted by Crippen LogP contribution is 2.22. The van der Waals surface area contributed by atoms with E-state index in [1.54, 1.807) is 0 Å². The second-order valence-corrected chi connectivity index (χ2v) is 5.79. The second-order valence-electron chi connectivity index (χ2n) is 5.79. The van der Waals surface area contributed by atoms with Gasteiger partial charge in [-0.3, -0.25) is 9.69 Å². The molecular formula is C15H23N3O2. The molecule has 1 aromatic rings. The minimum atomic E-state index is -0.687. The molecule has 2 rings (SSSR count). The van der Waals surface area contributed by atoms with E-state index in [4.69, 9.17) is 5.73 Å². The lowest BCUT2D eigenvalue weighted by Gasteiger charge is -2.24. The van der Waals surface area contributed by atoms with Crippen LogP contribution in [0, 0.1) is 0 Å². The number of amides is 1. The van der Waals surface area contributed by atoms with Gasteiger partial charge in [0.05, 0.1) is 11.6 Å². The first kappa shape index (κ1) is 15.0. The molecule has 0 spiro atoms. The monoisotopic (exact) mass is 277 g/mol. The molecular weight excluding hydrogens is 254 g/mol. The highest BCUT2D eigenvalue weighted by atomic mass is 16.3. The maximum absolute atomic E-state index is 12.2. The number of hydrogen-bond donors (Lipinski definition) is 3. The Bertz CT molecular complexity index is 488. The fourth-order valence-electron chi connectivity index (χ4n) is 2.50. The Balaban J connectivity index is 1.97. The van der Waals surface area contributed by atoms with E-state index in [0.717, 1.165) is 17.8 Å². The molecule has 4 N–H and O–H groups in total. The Hall–Kier alpha value is -1.43. The third-order valence-corrected chi connectivity index (χ3v) is 3.84. The van der Waals surface area contributed by atoms with Crippen LogP contribution >= 0.6 is 0 Å². The van der Waals surface area contributed by atoms with E-state index in [9.17, 15) is 9.90 Å². The molecule has 1 aliphatic heterocycles. The van der Waals surface area contributed by atoms with Gasteiger partial charge in [0.1, 0.15) is 0 Å². The Morgan fingerprint density at radius 3 is 2.95 bits per heavy atom. The summed E-state index contributed by atoms with van der Waals surface area (Å²) in [6.45, 7) is 5.40. The van der Waals surface area contributed by atoms with Crippen molar-refractivity contribution in [2.75, 3.05) is 18.4 Å². The van der Waals surface area contributed by atoms with Gasteiger partial charge >= 0.3 is 0 Å². The van der Waals surface area contributed by atoms with Crippen LogP contribution in [0.15, 0.2) is 24.3 Å². The third kappa shape index (κ3) is 3.56. The zero-order valence-corrected chi connectivity index (χ0v) is 12.1. The quantitative estimate of drug-likeness (QED) is 0.765. The molecule has 1 fully saturated rings. The van der Waals surface area contributed by atoms with Crippen LogP contribution in [0.2, 0.25) is 0 Å². The number of benzene rings is 1. The highest BCUT2D eigenvalue weighted by molar-refractivity contribution is 5.94. The number of carbonyl (C=O) groups excluding carboxylic acids is 1. The molecule has 110 valence electrons. The number of nitrogens with zero attached hydrogens (tertiary/aromatic N) is 1. The standard InChI is InChI=1S/C15H23N3O2/c1-11(18-7-6-15(2,20)10-18)14(19)17-13-5-3-4-12(8-13)9-16/h3-5,8,11,20H,6-7,9-10,16H2,1-2H3,(H,17,19). The van der Waals surface area contributed by atoms with Gasteiger partial charge in [-0.15, -0.1) is 0 Å². The van der Waals surface area contributed by atoms with Gasteiger partial charge in [0.2, 0.25) is 5.91 Å². The minimum Gasteiger partial charge on any atom is -0.389 e. The first-order chi connectivity index (χ1) is 9.41. The Morgan fingerprint density at radius 1 is 1.60 bits per heavy atom. The van der Waals surface area contributed by atoms with Crippen LogP contribution in [0.1, 0.15) is 25.8 Å². The lowest BCUT2D eigenvalue weighted by molar-refractivity contribution is -0.120. The van der Waals surface area contributed by atoms with E-state index in [-0.39, 0.29) is 11.9 Å². The van der Waals surface area contributed by atoms with Gasteiger partial charge in [-0.1, -0.05) is 12.1 Å². The minimum absolute atomic E-state index is 0.0585. The lowest BCUT2D eigenvalue weighted by Crippen LogP contribution is -2.42. The van der Waals surface area contributed by atoms with Crippen molar-refractivity contribution in [2.24, 2.45) is 5.73 Å². The van der Waals surface area contributed by atoms with Crippen LogP contribution in [0.4, 0.5) is 5.69 Å². The van der Waals surface area contributed by atoms with Crippen molar-refractivity contribution < 1.29 is 9.90 Å². The average molecular weight is 277 g/mol. The molecule has 0 radical (unpaired) electrons. The number of anilines is 1. The number of likely N-dealkylation sites (tertiary alicyclic amines) is 1. The Morgan fingerprint density at radius 2 is 2.35 bits per heavy atom. The van der Waals surface area contributed by atoms with Crippen molar-refractivity contribution in [3.63, 3.8) is 0 Å². The van der Waals surface area contributed by atoms with Gasteiger partial charge < -0.3 is 16.2 Å². The first-order valence-electron chi connectivity index (χ1n) is 6.97. The molecule has 20 heavy (non-hydrogen) atoms. The molecule has 1 saturated heterocycles. The van der Waals surface area contributed by atoms with Gasteiger partial charge in [0.15, 0.2) is 0 Å². The molecule has 2 unspecified atom stereocenters. The summed E-state index contributed by atoms with van der Waals surface area (Å²) in [4.78, 5) is 14.2. The number of β-amino-alcohol motifs (C(OH)–C–C–N with tert-alkyl or cyclic N) is 1. The molecule has 0 aromatic heterocycles. The van der Waals surface area contributed by atoms with Crippen LogP contribution in [0.25, 0.3) is 0 Å². The molecule has 5 heteroatoms. The second kappa shape index (κ2) is 5.91. The van der Waals surface area contributed by atoms with Crippen LogP contribution < -0.4 is 11.1 Å². The maximum atomic E-state index is 12.2. The van der Waals surface area contributed by atoms with E-state index in [1.807, 2.05) is 43.0 Å². The van der Waals surface area contributed by atoms with Gasteiger partial charge in [-0.25, -0.2) is 0 Å². The zero-order valence-electron chi connectivity index (χ0n) is 12.1. The average Bonchev–Trinajstić information content (AvgIpc) is 2.78. The van der Waals surface area contributed by atoms with E-state index >= 15 is 0 Å². The maximum Gasteiger partial charge on any atom is 0.241 e. The van der Waals surface area contributed by atoms with Crippen molar-refractivity contribution >= 4 is 11.6 Å². The van der Waals surface area contributed by atoms with E-state index in [2.05, 4.69) is 5.32 Å². The summed E-state index contributed by atoms with van der Waals surface area (Å²) < 4.78 is 0. The molecule has 2 atom stereocenters. The summed E-state index contributed by atoms with van der Waals surface area (Å²) in [6.07, 6.45) is 0.702. The number of hydrogen-bond acceptors (Lipinski definition) is 4. The summed E-state index contributed by atoms with van der Waals surface area (Å²) in [7, 11) is 0. The van der Waals surface area contributed by atoms with Crippen LogP contribution in [0.3, 0.4) is 0 Å². The van der Waals surface area contributed by atoms with Crippen LogP contribution in [-0.4, -0.2) is 40.6 Å². The predicted molar refractivity (Wildman–Crippen MR) is 79.2 cm³/mol. The van der Waals surface area contributed by atoms with E-state index in [0.29, 0.717) is 19.5 Å². The topological polar surface area (TPSA) is 78.6 Å². The normalized spacial score (nSPS) is 24.6.